The third-order valence-electron chi connectivity index (χ3n) is 7.92. The Kier molecular flexibility index (Phi) is 4.96. The Hall–Kier alpha value is -3.22. The highest BCUT2D eigenvalue weighted by atomic mass is 31.0. The van der Waals surface area contributed by atoms with Gasteiger partial charge < -0.3 is 4.40 Å². The molecular formula is C35H35N2P. The second-order valence-corrected chi connectivity index (χ2v) is 14.2. The molecule has 0 amide bonds. The third-order valence-corrected chi connectivity index (χ3v) is 8.40. The lowest BCUT2D eigenvalue weighted by atomic mass is 9.83. The van der Waals surface area contributed by atoms with Crippen LogP contribution in [0.1, 0.15) is 52.7 Å². The zero-order valence-corrected chi connectivity index (χ0v) is 24.4. The summed E-state index contributed by atoms with van der Waals surface area (Å²) in [5.74, 6) is 0. The van der Waals surface area contributed by atoms with Crippen molar-refractivity contribution in [3.05, 3.63) is 78.0 Å². The van der Waals surface area contributed by atoms with Gasteiger partial charge >= 0.3 is 0 Å². The zero-order chi connectivity index (χ0) is 26.6. The highest BCUT2D eigenvalue weighted by Gasteiger charge is 2.25. The van der Waals surface area contributed by atoms with Crippen LogP contribution >= 0.6 is 9.24 Å². The molecule has 0 N–H and O–H groups in total. The maximum Gasteiger partial charge on any atom is 0.0823 e. The van der Waals surface area contributed by atoms with Crippen molar-refractivity contribution >= 4 is 74.3 Å². The Labute approximate surface area is 226 Å². The van der Waals surface area contributed by atoms with Crippen LogP contribution in [0.25, 0.3) is 59.8 Å². The number of benzene rings is 4. The molecular weight excluding hydrogens is 479 g/mol. The Balaban J connectivity index is 1.77. The minimum absolute atomic E-state index is 0.135. The minimum Gasteiger partial charge on any atom is -0.308 e. The lowest BCUT2D eigenvalue weighted by Gasteiger charge is -2.24. The zero-order valence-electron chi connectivity index (χ0n) is 23.2. The van der Waals surface area contributed by atoms with Gasteiger partial charge in [0.25, 0.3) is 0 Å². The molecule has 0 spiro atoms. The highest BCUT2D eigenvalue weighted by Crippen LogP contribution is 2.44. The largest absolute Gasteiger partial charge is 0.308 e. The Morgan fingerprint density at radius 2 is 1.47 bits per heavy atom. The molecule has 0 fully saturated rings. The molecule has 2 nitrogen and oxygen atoms in total. The predicted molar refractivity (Wildman–Crippen MR) is 170 cm³/mol. The fourth-order valence-corrected chi connectivity index (χ4v) is 7.08. The average Bonchev–Trinajstić information content (AvgIpc) is 3.17. The van der Waals surface area contributed by atoms with Crippen LogP contribution < -0.4 is 5.30 Å². The molecule has 0 aliphatic rings. The normalized spacial score (nSPS) is 13.3. The van der Waals surface area contributed by atoms with E-state index in [-0.39, 0.29) is 10.8 Å². The van der Waals surface area contributed by atoms with Crippen LogP contribution in [0.3, 0.4) is 0 Å². The Bertz CT molecular complexity index is 2050. The van der Waals surface area contributed by atoms with Gasteiger partial charge in [-0.2, -0.15) is 0 Å². The van der Waals surface area contributed by atoms with Gasteiger partial charge in [0.1, 0.15) is 0 Å². The first-order valence-electron chi connectivity index (χ1n) is 13.7. The van der Waals surface area contributed by atoms with Gasteiger partial charge in [-0.1, -0.05) is 84.0 Å². The van der Waals surface area contributed by atoms with Crippen molar-refractivity contribution in [2.75, 3.05) is 0 Å². The van der Waals surface area contributed by atoms with Crippen molar-refractivity contribution < 1.29 is 0 Å². The predicted octanol–water partition coefficient (Wildman–Crippen LogP) is 9.22. The smallest absolute Gasteiger partial charge is 0.0823 e. The second-order valence-electron chi connectivity index (χ2n) is 13.6. The van der Waals surface area contributed by atoms with Crippen LogP contribution in [0, 0.1) is 10.8 Å². The monoisotopic (exact) mass is 514 g/mol. The topological polar surface area (TPSA) is 17.3 Å². The molecule has 1 atom stereocenters. The minimum atomic E-state index is 0.135. The van der Waals surface area contributed by atoms with Gasteiger partial charge in [-0.25, -0.2) is 0 Å². The number of hydrogen-bond donors (Lipinski definition) is 0. The fourth-order valence-electron chi connectivity index (χ4n) is 6.67. The van der Waals surface area contributed by atoms with Gasteiger partial charge in [0, 0.05) is 27.7 Å². The highest BCUT2D eigenvalue weighted by molar-refractivity contribution is 7.28. The molecule has 190 valence electrons. The van der Waals surface area contributed by atoms with Gasteiger partial charge in [-0.15, -0.1) is 9.24 Å². The van der Waals surface area contributed by atoms with E-state index in [4.69, 9.17) is 4.98 Å². The average molecular weight is 515 g/mol. The van der Waals surface area contributed by atoms with E-state index in [1.165, 1.54) is 70.7 Å². The summed E-state index contributed by atoms with van der Waals surface area (Å²) in [6, 6.07) is 23.0. The van der Waals surface area contributed by atoms with Crippen molar-refractivity contribution in [1.82, 2.24) is 9.38 Å². The standard InChI is InChI=1S/C35H35N2P/c1-34(2,3)18-20-10-12-23-22(16-20)17-25-31-29-21(14-15-36-31)11-13-24-30-27(8-7-9-28(30)38)37(33(24)29)32(25)26(23)19-35(4,5)6/h7-17H,18-19,38H2,1-6H3. The van der Waals surface area contributed by atoms with Crippen molar-refractivity contribution in [3.63, 3.8) is 0 Å². The molecule has 4 aromatic carbocycles. The van der Waals surface area contributed by atoms with E-state index in [9.17, 15) is 0 Å². The molecule has 0 radical (unpaired) electrons. The number of nitrogens with zero attached hydrogens (tertiary/aromatic N) is 2. The quantitative estimate of drug-likeness (QED) is 0.128. The molecule has 3 heterocycles. The molecule has 7 aromatic rings. The number of aromatic nitrogens is 2. The first kappa shape index (κ1) is 23.9. The number of fused-ring (bicyclic) bond motifs is 7. The summed E-state index contributed by atoms with van der Waals surface area (Å²) in [5, 5.41) is 10.3. The molecule has 7 rings (SSSR count). The summed E-state index contributed by atoms with van der Waals surface area (Å²) >= 11 is 0. The lowest BCUT2D eigenvalue weighted by Crippen LogP contribution is -2.12. The van der Waals surface area contributed by atoms with Crippen molar-refractivity contribution in [2.24, 2.45) is 10.8 Å². The Morgan fingerprint density at radius 3 is 2.24 bits per heavy atom. The summed E-state index contributed by atoms with van der Waals surface area (Å²) in [6.07, 6.45) is 4.03. The van der Waals surface area contributed by atoms with E-state index >= 15 is 0 Å². The molecule has 0 saturated heterocycles. The van der Waals surface area contributed by atoms with Crippen LogP contribution in [0.15, 0.2) is 66.9 Å². The lowest BCUT2D eigenvalue weighted by molar-refractivity contribution is 0.411. The van der Waals surface area contributed by atoms with E-state index in [0.29, 0.717) is 0 Å². The molecule has 1 unspecified atom stereocenters. The van der Waals surface area contributed by atoms with E-state index in [1.54, 1.807) is 0 Å². The summed E-state index contributed by atoms with van der Waals surface area (Å²) in [6.45, 7) is 14.0. The van der Waals surface area contributed by atoms with Crippen molar-refractivity contribution in [2.45, 2.75) is 54.4 Å². The van der Waals surface area contributed by atoms with Crippen LogP contribution in [0.5, 0.6) is 0 Å². The number of rotatable bonds is 2. The van der Waals surface area contributed by atoms with Gasteiger partial charge in [0.05, 0.1) is 22.1 Å². The second kappa shape index (κ2) is 7.90. The SMILES string of the molecule is CC(C)(C)Cc1ccc2c(CC(C)(C)C)c3c(cc2c1)c1nccc2ccc4c5c(P)cccc5n3c4c21. The maximum atomic E-state index is 5.06. The fraction of sp³-hybridized carbons (Fsp3) is 0.286. The van der Waals surface area contributed by atoms with Gasteiger partial charge in [0.15, 0.2) is 0 Å². The molecule has 0 aliphatic heterocycles. The summed E-state index contributed by atoms with van der Waals surface area (Å²) in [7, 11) is 2.98. The molecule has 3 aromatic heterocycles. The number of hydrogen-bond acceptors (Lipinski definition) is 1. The molecule has 0 aliphatic carbocycles. The Morgan fingerprint density at radius 1 is 0.711 bits per heavy atom. The molecule has 0 saturated carbocycles. The van der Waals surface area contributed by atoms with Gasteiger partial charge in [-0.05, 0) is 74.5 Å². The summed E-state index contributed by atoms with van der Waals surface area (Å²) in [5.41, 5.74) is 8.19. The first-order chi connectivity index (χ1) is 18.0. The van der Waals surface area contributed by atoms with Gasteiger partial charge in [-0.3, -0.25) is 4.98 Å². The van der Waals surface area contributed by atoms with Crippen LogP contribution in [0.4, 0.5) is 0 Å². The molecule has 0 bridgehead atoms. The van der Waals surface area contributed by atoms with Crippen LogP contribution in [0.2, 0.25) is 0 Å². The number of pyridine rings is 2. The summed E-state index contributed by atoms with van der Waals surface area (Å²) in [4.78, 5) is 5.06. The maximum absolute atomic E-state index is 5.06. The van der Waals surface area contributed by atoms with E-state index in [0.717, 1.165) is 18.4 Å². The van der Waals surface area contributed by atoms with E-state index in [2.05, 4.69) is 116 Å². The molecule has 3 heteroatoms. The van der Waals surface area contributed by atoms with Crippen LogP contribution in [-0.4, -0.2) is 9.38 Å². The molecule has 38 heavy (non-hydrogen) atoms. The van der Waals surface area contributed by atoms with Crippen LogP contribution in [-0.2, 0) is 12.8 Å². The van der Waals surface area contributed by atoms with Gasteiger partial charge in [0.2, 0.25) is 0 Å². The van der Waals surface area contributed by atoms with E-state index < -0.39 is 0 Å². The van der Waals surface area contributed by atoms with E-state index in [1.807, 2.05) is 6.20 Å². The summed E-state index contributed by atoms with van der Waals surface area (Å²) < 4.78 is 2.56. The van der Waals surface area contributed by atoms with Crippen molar-refractivity contribution in [3.8, 4) is 0 Å². The van der Waals surface area contributed by atoms with Crippen molar-refractivity contribution in [1.29, 1.82) is 0 Å². The third kappa shape index (κ3) is 3.53. The first-order valence-corrected chi connectivity index (χ1v) is 14.3.